The topological polar surface area (TPSA) is 76.2 Å². The number of hydrogen-bond donors (Lipinski definition) is 0. The van der Waals surface area contributed by atoms with Gasteiger partial charge < -0.3 is 9.64 Å². The number of nitrogens with zero attached hydrogens (tertiary/aromatic N) is 2. The second kappa shape index (κ2) is 5.97. The van der Waals surface area contributed by atoms with Crippen LogP contribution in [0.25, 0.3) is 0 Å². The van der Waals surface area contributed by atoms with Gasteiger partial charge in [0.1, 0.15) is 18.5 Å². The third kappa shape index (κ3) is 3.56. The number of ether oxygens (including phenoxy) is 1. The highest BCUT2D eigenvalue weighted by molar-refractivity contribution is 7.85. The van der Waals surface area contributed by atoms with Crippen LogP contribution in [-0.2, 0) is 19.0 Å². The molecule has 1 amide bonds. The second-order valence-corrected chi connectivity index (χ2v) is 7.23. The number of hydrogen-bond acceptors (Lipinski definition) is 6. The van der Waals surface area contributed by atoms with Crippen LogP contribution in [0.2, 0.25) is 0 Å². The van der Waals surface area contributed by atoms with E-state index in [1.165, 1.54) is 11.0 Å². The molecule has 2 heterocycles. The minimum Gasteiger partial charge on any atom is -0.441 e. The van der Waals surface area contributed by atoms with Crippen molar-refractivity contribution >= 4 is 27.6 Å². The molecular formula is C14H17FN2O5S. The van der Waals surface area contributed by atoms with E-state index in [4.69, 9.17) is 4.74 Å². The zero-order valence-electron chi connectivity index (χ0n) is 12.6. The number of cyclic esters (lactones) is 1. The molecule has 0 aromatic heterocycles. The molecule has 0 bridgehead atoms. The summed E-state index contributed by atoms with van der Waals surface area (Å²) in [6.45, 7) is 1.51. The van der Waals surface area contributed by atoms with Gasteiger partial charge in [0.2, 0.25) is 0 Å². The molecule has 2 aliphatic heterocycles. The van der Waals surface area contributed by atoms with E-state index < -0.39 is 28.1 Å². The predicted molar refractivity (Wildman–Crippen MR) is 81.6 cm³/mol. The molecule has 1 atom stereocenters. The molecule has 3 rings (SSSR count). The first kappa shape index (κ1) is 16.0. The van der Waals surface area contributed by atoms with Gasteiger partial charge in [0.25, 0.3) is 10.1 Å². The molecule has 0 unspecified atom stereocenters. The van der Waals surface area contributed by atoms with Crippen molar-refractivity contribution in [3.63, 3.8) is 0 Å². The predicted octanol–water partition coefficient (Wildman–Crippen LogP) is 1.34. The first-order valence-electron chi connectivity index (χ1n) is 7.20. The lowest BCUT2D eigenvalue weighted by atomic mass is 10.1. The summed E-state index contributed by atoms with van der Waals surface area (Å²) in [7, 11) is -3.60. The number of rotatable bonds is 5. The van der Waals surface area contributed by atoms with E-state index in [1.54, 1.807) is 12.1 Å². The van der Waals surface area contributed by atoms with Crippen molar-refractivity contribution in [2.45, 2.75) is 12.5 Å². The summed E-state index contributed by atoms with van der Waals surface area (Å²) in [5.74, 6) is -0.397. The maximum atomic E-state index is 14.2. The fourth-order valence-electron chi connectivity index (χ4n) is 2.50. The molecule has 0 saturated carbocycles. The van der Waals surface area contributed by atoms with Crippen LogP contribution in [0.5, 0.6) is 0 Å². The van der Waals surface area contributed by atoms with E-state index in [-0.39, 0.29) is 13.2 Å². The number of carbonyl (C=O) groups excluding carboxylic acids is 1. The average Bonchev–Trinajstić information content (AvgIpc) is 2.77. The second-order valence-electron chi connectivity index (χ2n) is 5.58. The van der Waals surface area contributed by atoms with Crippen LogP contribution < -0.4 is 9.80 Å². The van der Waals surface area contributed by atoms with Gasteiger partial charge in [0.05, 0.1) is 24.2 Å². The normalized spacial score (nSPS) is 21.3. The summed E-state index contributed by atoms with van der Waals surface area (Å²) in [5, 5.41) is 0. The van der Waals surface area contributed by atoms with Crippen molar-refractivity contribution in [2.75, 3.05) is 42.3 Å². The molecule has 2 aliphatic rings. The zero-order valence-corrected chi connectivity index (χ0v) is 13.4. The number of anilines is 2. The van der Waals surface area contributed by atoms with E-state index in [9.17, 15) is 17.6 Å². The number of carbonyl (C=O) groups is 1. The van der Waals surface area contributed by atoms with Gasteiger partial charge in [-0.25, -0.2) is 9.18 Å². The molecule has 2 fully saturated rings. The number of halogens is 1. The van der Waals surface area contributed by atoms with Gasteiger partial charge in [0, 0.05) is 13.1 Å². The van der Waals surface area contributed by atoms with Crippen LogP contribution in [0.4, 0.5) is 20.6 Å². The van der Waals surface area contributed by atoms with Crippen LogP contribution in [-0.4, -0.2) is 53.1 Å². The number of benzene rings is 1. The maximum absolute atomic E-state index is 14.2. The Morgan fingerprint density at radius 3 is 2.70 bits per heavy atom. The van der Waals surface area contributed by atoms with E-state index in [0.29, 0.717) is 11.4 Å². The molecule has 2 saturated heterocycles. The third-order valence-electron chi connectivity index (χ3n) is 3.78. The van der Waals surface area contributed by atoms with Crippen LogP contribution >= 0.6 is 0 Å². The standard InChI is InChI=1S/C14H17FN2O5S/c1-23(19,20)21-9-11-8-17(14(18)22-11)10-3-4-13(12(15)7-10)16-5-2-6-16/h3-4,7,11H,2,5-6,8-9H2,1H3/t11-/m1/s1. The Hall–Kier alpha value is -1.87. The van der Waals surface area contributed by atoms with Crippen molar-refractivity contribution in [3.8, 4) is 0 Å². The minimum atomic E-state index is -3.60. The smallest absolute Gasteiger partial charge is 0.414 e. The first-order chi connectivity index (χ1) is 10.8. The highest BCUT2D eigenvalue weighted by Gasteiger charge is 2.33. The van der Waals surface area contributed by atoms with Gasteiger partial charge >= 0.3 is 6.09 Å². The SMILES string of the molecule is CS(=O)(=O)OC[C@H]1CN(c2ccc(N3CCC3)c(F)c2)C(=O)O1. The summed E-state index contributed by atoms with van der Waals surface area (Å²) >= 11 is 0. The molecule has 0 N–H and O–H groups in total. The third-order valence-corrected chi connectivity index (χ3v) is 4.35. The molecule has 0 radical (unpaired) electrons. The van der Waals surface area contributed by atoms with Gasteiger partial charge in [-0.2, -0.15) is 8.42 Å². The zero-order chi connectivity index (χ0) is 16.6. The molecule has 1 aromatic rings. The molecular weight excluding hydrogens is 327 g/mol. The first-order valence-corrected chi connectivity index (χ1v) is 9.02. The molecule has 0 aliphatic carbocycles. The van der Waals surface area contributed by atoms with Crippen LogP contribution in [0.1, 0.15) is 6.42 Å². The van der Waals surface area contributed by atoms with Crippen molar-refractivity contribution in [2.24, 2.45) is 0 Å². The molecule has 23 heavy (non-hydrogen) atoms. The molecule has 7 nitrogen and oxygen atoms in total. The number of amides is 1. The molecule has 0 spiro atoms. The minimum absolute atomic E-state index is 0.108. The Kier molecular flexibility index (Phi) is 4.15. The largest absolute Gasteiger partial charge is 0.441 e. The molecule has 126 valence electrons. The summed E-state index contributed by atoms with van der Waals surface area (Å²) in [6, 6.07) is 4.57. The maximum Gasteiger partial charge on any atom is 0.414 e. The lowest BCUT2D eigenvalue weighted by Crippen LogP contribution is -2.37. The summed E-state index contributed by atoms with van der Waals surface area (Å²) < 4.78 is 45.8. The summed E-state index contributed by atoms with van der Waals surface area (Å²) in [4.78, 5) is 15.1. The molecule has 1 aromatic carbocycles. The Morgan fingerprint density at radius 1 is 1.39 bits per heavy atom. The van der Waals surface area contributed by atoms with E-state index in [2.05, 4.69) is 4.18 Å². The Labute approximate surface area is 133 Å². The van der Waals surface area contributed by atoms with Gasteiger partial charge in [-0.1, -0.05) is 0 Å². The monoisotopic (exact) mass is 344 g/mol. The summed E-state index contributed by atoms with van der Waals surface area (Å²) in [5.41, 5.74) is 0.892. The fraction of sp³-hybridized carbons (Fsp3) is 0.500. The van der Waals surface area contributed by atoms with Crippen molar-refractivity contribution in [1.29, 1.82) is 0 Å². The summed E-state index contributed by atoms with van der Waals surface area (Å²) in [6.07, 6.45) is 0.603. The Bertz CT molecular complexity index is 720. The van der Waals surface area contributed by atoms with Crippen molar-refractivity contribution in [1.82, 2.24) is 0 Å². The van der Waals surface area contributed by atoms with Crippen molar-refractivity contribution < 1.29 is 26.5 Å². The van der Waals surface area contributed by atoms with Gasteiger partial charge in [-0.05, 0) is 24.6 Å². The van der Waals surface area contributed by atoms with Crippen molar-refractivity contribution in [3.05, 3.63) is 24.0 Å². The van der Waals surface area contributed by atoms with Crippen LogP contribution in [0.3, 0.4) is 0 Å². The lowest BCUT2D eigenvalue weighted by molar-refractivity contribution is 0.107. The van der Waals surface area contributed by atoms with Crippen LogP contribution in [0.15, 0.2) is 18.2 Å². The van der Waals surface area contributed by atoms with Gasteiger partial charge in [0.15, 0.2) is 0 Å². The fourth-order valence-corrected chi connectivity index (χ4v) is 2.89. The quantitative estimate of drug-likeness (QED) is 0.750. The highest BCUT2D eigenvalue weighted by Crippen LogP contribution is 2.30. The van der Waals surface area contributed by atoms with E-state index >= 15 is 0 Å². The van der Waals surface area contributed by atoms with Gasteiger partial charge in [-0.3, -0.25) is 9.08 Å². The average molecular weight is 344 g/mol. The highest BCUT2D eigenvalue weighted by atomic mass is 32.2. The van der Waals surface area contributed by atoms with Gasteiger partial charge in [-0.15, -0.1) is 0 Å². The Morgan fingerprint density at radius 2 is 2.13 bits per heavy atom. The van der Waals surface area contributed by atoms with Crippen LogP contribution in [0, 0.1) is 5.82 Å². The molecule has 9 heteroatoms. The lowest BCUT2D eigenvalue weighted by Gasteiger charge is -2.33. The van der Waals surface area contributed by atoms with E-state index in [1.807, 2.05) is 4.90 Å². The van der Waals surface area contributed by atoms with E-state index in [0.717, 1.165) is 25.8 Å². The Balaban J connectivity index is 1.69.